The minimum absolute atomic E-state index is 0.390. The number of hydrogen-bond donors (Lipinski definition) is 0. The molecule has 0 rings (SSSR count). The van der Waals surface area contributed by atoms with Gasteiger partial charge in [-0.25, -0.2) is 9.90 Å². The van der Waals surface area contributed by atoms with E-state index in [9.17, 15) is 9.90 Å². The van der Waals surface area contributed by atoms with Gasteiger partial charge in [-0.3, -0.25) is 0 Å². The van der Waals surface area contributed by atoms with E-state index in [0.29, 0.717) is 6.61 Å². The van der Waals surface area contributed by atoms with Gasteiger partial charge in [0.1, 0.15) is 0 Å². The lowest BCUT2D eigenvalue weighted by Crippen LogP contribution is -2.33. The largest absolute Gasteiger partial charge is 0.386 e. The van der Waals surface area contributed by atoms with E-state index in [1.807, 2.05) is 0 Å². The van der Waals surface area contributed by atoms with Crippen molar-refractivity contribution in [1.29, 1.82) is 0 Å². The predicted octanol–water partition coefficient (Wildman–Crippen LogP) is 0.759. The maximum Gasteiger partial charge on any atom is 0.386 e. The average molecular weight is 131 g/mol. The Kier molecular flexibility index (Phi) is 2.65. The van der Waals surface area contributed by atoms with E-state index >= 15 is 0 Å². The molecule has 0 aliphatic heterocycles. The molecule has 0 spiro atoms. The van der Waals surface area contributed by atoms with Gasteiger partial charge in [-0.05, 0) is 20.8 Å². The summed E-state index contributed by atoms with van der Waals surface area (Å²) < 4.78 is 4.83. The molecule has 0 bridgehead atoms. The van der Waals surface area contributed by atoms with Crippen molar-refractivity contribution < 1.29 is 14.6 Å². The number of carbonyl (C=O) groups is 1. The van der Waals surface area contributed by atoms with E-state index in [1.165, 1.54) is 13.8 Å². The molecule has 0 amide bonds. The Morgan fingerprint density at radius 2 is 2.00 bits per heavy atom. The van der Waals surface area contributed by atoms with Gasteiger partial charge >= 0.3 is 5.97 Å². The van der Waals surface area contributed by atoms with Crippen LogP contribution in [0.4, 0.5) is 0 Å². The molecule has 3 nitrogen and oxygen atoms in total. The summed E-state index contributed by atoms with van der Waals surface area (Å²) in [6.45, 7) is 5.06. The summed E-state index contributed by atoms with van der Waals surface area (Å²) in [6.07, 6.45) is 0. The Bertz CT molecular complexity index is 107. The van der Waals surface area contributed by atoms with Gasteiger partial charge in [0, 0.05) is 6.61 Å². The van der Waals surface area contributed by atoms with Crippen molar-refractivity contribution in [2.45, 2.75) is 26.4 Å². The quantitative estimate of drug-likeness (QED) is 0.567. The Hall–Kier alpha value is -0.570. The molecule has 0 fully saturated rings. The van der Waals surface area contributed by atoms with Gasteiger partial charge in [-0.1, -0.05) is 0 Å². The Morgan fingerprint density at radius 3 is 2.11 bits per heavy atom. The molecule has 0 atom stereocenters. The van der Waals surface area contributed by atoms with Crippen molar-refractivity contribution in [3.8, 4) is 0 Å². The van der Waals surface area contributed by atoms with Crippen LogP contribution in [-0.2, 0) is 14.6 Å². The molecule has 1 radical (unpaired) electrons. The van der Waals surface area contributed by atoms with Gasteiger partial charge in [0.2, 0.25) is 0 Å². The molecule has 3 heteroatoms. The van der Waals surface area contributed by atoms with E-state index in [2.05, 4.69) is 0 Å². The number of hydrogen-bond acceptors (Lipinski definition) is 2. The molecular formula is C6H11O3. The van der Waals surface area contributed by atoms with Crippen LogP contribution < -0.4 is 0 Å². The lowest BCUT2D eigenvalue weighted by molar-refractivity contribution is -0.167. The molecule has 0 aliphatic rings. The van der Waals surface area contributed by atoms with E-state index < -0.39 is 11.6 Å². The van der Waals surface area contributed by atoms with Crippen LogP contribution in [0, 0.1) is 0 Å². The molecule has 0 heterocycles. The van der Waals surface area contributed by atoms with Gasteiger partial charge in [-0.2, -0.15) is 0 Å². The molecule has 9 heavy (non-hydrogen) atoms. The summed E-state index contributed by atoms with van der Waals surface area (Å²) >= 11 is 0. The van der Waals surface area contributed by atoms with Gasteiger partial charge < -0.3 is 4.74 Å². The third-order valence-corrected chi connectivity index (χ3v) is 0.997. The lowest BCUT2D eigenvalue weighted by atomic mass is 10.1. The van der Waals surface area contributed by atoms with Crippen molar-refractivity contribution in [2.75, 3.05) is 6.61 Å². The van der Waals surface area contributed by atoms with Gasteiger partial charge in [0.25, 0.3) is 0 Å². The van der Waals surface area contributed by atoms with Crippen molar-refractivity contribution in [3.05, 3.63) is 0 Å². The van der Waals surface area contributed by atoms with Crippen molar-refractivity contribution >= 4 is 5.97 Å². The summed E-state index contributed by atoms with van der Waals surface area (Å²) in [6, 6.07) is 0. The van der Waals surface area contributed by atoms with E-state index in [-0.39, 0.29) is 0 Å². The monoisotopic (exact) mass is 131 g/mol. The van der Waals surface area contributed by atoms with Crippen LogP contribution in [0.5, 0.6) is 0 Å². The molecule has 0 unspecified atom stereocenters. The summed E-state index contributed by atoms with van der Waals surface area (Å²) in [5.74, 6) is -1.18. The fourth-order valence-corrected chi connectivity index (χ4v) is 0.420. The minimum atomic E-state index is -1.18. The molecule has 0 aromatic heterocycles. The van der Waals surface area contributed by atoms with E-state index in [0.717, 1.165) is 0 Å². The smallest absolute Gasteiger partial charge is 0.364 e. The third kappa shape index (κ3) is 2.46. The fraction of sp³-hybridized carbons (Fsp3) is 0.833. The molecule has 0 aromatic rings. The maximum absolute atomic E-state index is 10.2. The molecule has 0 saturated carbocycles. The second-order valence-corrected chi connectivity index (χ2v) is 2.23. The maximum atomic E-state index is 10.2. The van der Waals surface area contributed by atoms with Crippen molar-refractivity contribution in [3.63, 3.8) is 0 Å². The molecule has 0 aromatic carbocycles. The van der Waals surface area contributed by atoms with Crippen LogP contribution >= 0.6 is 0 Å². The topological polar surface area (TPSA) is 46.2 Å². The van der Waals surface area contributed by atoms with Gasteiger partial charge in [0.15, 0.2) is 5.60 Å². The molecule has 0 N–H and O–H groups in total. The van der Waals surface area contributed by atoms with Gasteiger partial charge in [0.05, 0.1) is 0 Å². The zero-order valence-electron chi connectivity index (χ0n) is 5.93. The first kappa shape index (κ1) is 8.43. The summed E-state index contributed by atoms with van der Waals surface area (Å²) in [5.41, 5.74) is -1.14. The van der Waals surface area contributed by atoms with Crippen molar-refractivity contribution in [2.24, 2.45) is 0 Å². The second-order valence-electron chi connectivity index (χ2n) is 2.23. The number of carbonyl (C=O) groups excluding carboxylic acids is 1. The molecule has 0 aliphatic carbocycles. The van der Waals surface area contributed by atoms with Crippen LogP contribution in [0.3, 0.4) is 0 Å². The summed E-state index contributed by atoms with van der Waals surface area (Å²) in [5, 5.41) is 10.2. The number of ether oxygens (including phenoxy) is 1. The Morgan fingerprint density at radius 1 is 1.56 bits per heavy atom. The first-order chi connectivity index (χ1) is 4.00. The van der Waals surface area contributed by atoms with Crippen LogP contribution in [-0.4, -0.2) is 18.2 Å². The molecular weight excluding hydrogens is 120 g/mol. The zero-order valence-corrected chi connectivity index (χ0v) is 5.93. The standard InChI is InChI=1S/C6H11O3/c1-4-9-6(2,3)5(7)8/h4H2,1-3H3. The van der Waals surface area contributed by atoms with E-state index in [4.69, 9.17) is 4.74 Å². The Labute approximate surface area is 54.6 Å². The van der Waals surface area contributed by atoms with Crippen LogP contribution in [0.2, 0.25) is 0 Å². The SMILES string of the molecule is CCOC(C)(C)C([O])=O. The number of rotatable bonds is 3. The van der Waals surface area contributed by atoms with Crippen molar-refractivity contribution in [1.82, 2.24) is 0 Å². The highest BCUT2D eigenvalue weighted by atomic mass is 16.5. The van der Waals surface area contributed by atoms with Crippen LogP contribution in [0.25, 0.3) is 0 Å². The highest BCUT2D eigenvalue weighted by Gasteiger charge is 2.28. The Balaban J connectivity index is 3.85. The first-order valence-corrected chi connectivity index (χ1v) is 2.86. The molecule has 53 valence electrons. The summed E-state index contributed by atoms with van der Waals surface area (Å²) in [7, 11) is 0. The van der Waals surface area contributed by atoms with Crippen LogP contribution in [0.1, 0.15) is 20.8 Å². The van der Waals surface area contributed by atoms with E-state index in [1.54, 1.807) is 6.92 Å². The van der Waals surface area contributed by atoms with Gasteiger partial charge in [-0.15, -0.1) is 0 Å². The first-order valence-electron chi connectivity index (χ1n) is 2.86. The highest BCUT2D eigenvalue weighted by molar-refractivity contribution is 5.75. The predicted molar refractivity (Wildman–Crippen MR) is 31.4 cm³/mol. The average Bonchev–Trinajstić information content (AvgIpc) is 1.65. The minimum Gasteiger partial charge on any atom is -0.364 e. The fourth-order valence-electron chi connectivity index (χ4n) is 0.420. The second kappa shape index (κ2) is 2.82. The van der Waals surface area contributed by atoms with Crippen LogP contribution in [0.15, 0.2) is 0 Å². The zero-order chi connectivity index (χ0) is 7.49. The normalized spacial score (nSPS) is 11.4. The highest BCUT2D eigenvalue weighted by Crippen LogP contribution is 2.07. The molecule has 0 saturated heterocycles. The lowest BCUT2D eigenvalue weighted by Gasteiger charge is -2.16. The third-order valence-electron chi connectivity index (χ3n) is 0.997. The summed E-state index contributed by atoms with van der Waals surface area (Å²) in [4.78, 5) is 10.2.